The van der Waals surface area contributed by atoms with Crippen molar-refractivity contribution < 1.29 is 9.59 Å². The van der Waals surface area contributed by atoms with Crippen LogP contribution in [0.15, 0.2) is 47.8 Å². The van der Waals surface area contributed by atoms with Gasteiger partial charge in [0.1, 0.15) is 0 Å². The minimum Gasteiger partial charge on any atom is -0.334 e. The molecule has 0 saturated carbocycles. The van der Waals surface area contributed by atoms with Crippen LogP contribution in [0.2, 0.25) is 0 Å². The van der Waals surface area contributed by atoms with Crippen molar-refractivity contribution >= 4 is 23.3 Å². The number of amides is 3. The quantitative estimate of drug-likeness (QED) is 0.877. The Kier molecular flexibility index (Phi) is 5.61. The second-order valence-electron chi connectivity index (χ2n) is 5.86. The molecule has 1 aromatic carbocycles. The summed E-state index contributed by atoms with van der Waals surface area (Å²) in [6, 6.07) is 13.6. The number of rotatable bonds is 5. The van der Waals surface area contributed by atoms with Crippen molar-refractivity contribution in [3.05, 3.63) is 58.3 Å². The number of likely N-dealkylation sites (tertiary alicyclic amines) is 1. The third-order valence-electron chi connectivity index (χ3n) is 4.13. The van der Waals surface area contributed by atoms with E-state index in [1.54, 1.807) is 11.3 Å². The van der Waals surface area contributed by atoms with E-state index in [0.717, 1.165) is 24.9 Å². The van der Waals surface area contributed by atoms with Gasteiger partial charge in [-0.2, -0.15) is 0 Å². The molecule has 2 N–H and O–H groups in total. The van der Waals surface area contributed by atoms with Crippen molar-refractivity contribution in [2.45, 2.75) is 25.4 Å². The van der Waals surface area contributed by atoms with Crippen molar-refractivity contribution in [3.63, 3.8) is 0 Å². The fourth-order valence-electron chi connectivity index (χ4n) is 2.99. The first-order chi connectivity index (χ1) is 11.7. The van der Waals surface area contributed by atoms with Crippen LogP contribution < -0.4 is 10.6 Å². The zero-order valence-corrected chi connectivity index (χ0v) is 14.2. The van der Waals surface area contributed by atoms with Crippen LogP contribution in [0.1, 0.15) is 29.3 Å². The van der Waals surface area contributed by atoms with Gasteiger partial charge in [-0.05, 0) is 36.4 Å². The normalized spacial score (nSPS) is 17.6. The SMILES string of the molecule is O=C(CN1CCC[C@@H]1c1cccs1)NC(=O)NCc1ccccc1. The number of hydrogen-bond acceptors (Lipinski definition) is 4. The molecule has 0 unspecified atom stereocenters. The highest BCUT2D eigenvalue weighted by Gasteiger charge is 2.28. The summed E-state index contributed by atoms with van der Waals surface area (Å²) in [5, 5.41) is 7.18. The zero-order valence-electron chi connectivity index (χ0n) is 13.4. The Labute approximate surface area is 145 Å². The summed E-state index contributed by atoms with van der Waals surface area (Å²) in [6.45, 7) is 1.55. The molecule has 3 amide bonds. The van der Waals surface area contributed by atoms with Gasteiger partial charge < -0.3 is 5.32 Å². The maximum absolute atomic E-state index is 12.1. The Bertz CT molecular complexity index is 673. The predicted octanol–water partition coefficient (Wildman–Crippen LogP) is 2.91. The van der Waals surface area contributed by atoms with Gasteiger partial charge in [-0.15, -0.1) is 11.3 Å². The summed E-state index contributed by atoms with van der Waals surface area (Å²) < 4.78 is 0. The third-order valence-corrected chi connectivity index (χ3v) is 5.10. The molecule has 1 aliphatic heterocycles. The number of thiophene rings is 1. The van der Waals surface area contributed by atoms with E-state index in [1.807, 2.05) is 36.4 Å². The maximum Gasteiger partial charge on any atom is 0.321 e. The average molecular weight is 343 g/mol. The van der Waals surface area contributed by atoms with E-state index in [0.29, 0.717) is 12.6 Å². The highest BCUT2D eigenvalue weighted by Crippen LogP contribution is 2.33. The molecule has 2 aromatic rings. The number of carbonyl (C=O) groups excluding carboxylic acids is 2. The molecule has 1 saturated heterocycles. The summed E-state index contributed by atoms with van der Waals surface area (Å²) in [6.07, 6.45) is 2.14. The fourth-order valence-corrected chi connectivity index (χ4v) is 3.89. The molecule has 1 atom stereocenters. The lowest BCUT2D eigenvalue weighted by molar-refractivity contribution is -0.121. The number of benzene rings is 1. The van der Waals surface area contributed by atoms with E-state index in [9.17, 15) is 9.59 Å². The lowest BCUT2D eigenvalue weighted by Crippen LogP contribution is -2.44. The largest absolute Gasteiger partial charge is 0.334 e. The summed E-state index contributed by atoms with van der Waals surface area (Å²) in [5.41, 5.74) is 0.998. The Hall–Kier alpha value is -2.18. The van der Waals surface area contributed by atoms with Crippen molar-refractivity contribution in [1.82, 2.24) is 15.5 Å². The summed E-state index contributed by atoms with van der Waals surface area (Å²) >= 11 is 1.72. The highest BCUT2D eigenvalue weighted by atomic mass is 32.1. The van der Waals surface area contributed by atoms with Gasteiger partial charge >= 0.3 is 6.03 Å². The lowest BCUT2D eigenvalue weighted by atomic mass is 10.2. The van der Waals surface area contributed by atoms with Crippen molar-refractivity contribution in [2.75, 3.05) is 13.1 Å². The molecule has 1 aliphatic rings. The minimum atomic E-state index is -0.448. The summed E-state index contributed by atoms with van der Waals surface area (Å²) in [5.74, 6) is -0.260. The van der Waals surface area contributed by atoms with E-state index >= 15 is 0 Å². The van der Waals surface area contributed by atoms with Crippen molar-refractivity contribution in [3.8, 4) is 0 Å². The second-order valence-corrected chi connectivity index (χ2v) is 6.84. The predicted molar refractivity (Wildman–Crippen MR) is 94.7 cm³/mol. The van der Waals surface area contributed by atoms with Crippen molar-refractivity contribution in [1.29, 1.82) is 0 Å². The molecule has 3 rings (SSSR count). The number of nitrogens with zero attached hydrogens (tertiary/aromatic N) is 1. The van der Waals surface area contributed by atoms with Crippen LogP contribution in [0.5, 0.6) is 0 Å². The molecule has 1 aromatic heterocycles. The zero-order chi connectivity index (χ0) is 16.8. The fraction of sp³-hybridized carbons (Fsp3) is 0.333. The number of hydrogen-bond donors (Lipinski definition) is 2. The van der Waals surface area contributed by atoms with Gasteiger partial charge in [-0.3, -0.25) is 15.0 Å². The Morgan fingerprint density at radius 3 is 2.75 bits per heavy atom. The average Bonchev–Trinajstić information content (AvgIpc) is 3.25. The van der Waals surface area contributed by atoms with Gasteiger partial charge in [0.15, 0.2) is 0 Å². The first kappa shape index (κ1) is 16.7. The van der Waals surface area contributed by atoms with Gasteiger partial charge in [0.2, 0.25) is 5.91 Å². The molecule has 6 heteroatoms. The number of carbonyl (C=O) groups is 2. The van der Waals surface area contributed by atoms with Gasteiger partial charge in [0.25, 0.3) is 0 Å². The van der Waals surface area contributed by atoms with E-state index in [1.165, 1.54) is 4.88 Å². The van der Waals surface area contributed by atoms with Crippen LogP contribution in [0.25, 0.3) is 0 Å². The topological polar surface area (TPSA) is 61.4 Å². The van der Waals surface area contributed by atoms with Crippen LogP contribution in [-0.4, -0.2) is 29.9 Å². The molecule has 0 spiro atoms. The smallest absolute Gasteiger partial charge is 0.321 e. The van der Waals surface area contributed by atoms with E-state index in [2.05, 4.69) is 27.0 Å². The first-order valence-electron chi connectivity index (χ1n) is 8.11. The number of imide groups is 1. The van der Waals surface area contributed by atoms with Crippen LogP contribution in [0, 0.1) is 0 Å². The molecule has 5 nitrogen and oxygen atoms in total. The van der Waals surface area contributed by atoms with Crippen LogP contribution in [0.3, 0.4) is 0 Å². The molecule has 0 radical (unpaired) electrons. The second kappa shape index (κ2) is 8.08. The molecular formula is C18H21N3O2S. The first-order valence-corrected chi connectivity index (χ1v) is 8.99. The van der Waals surface area contributed by atoms with Crippen LogP contribution in [0.4, 0.5) is 4.79 Å². The monoisotopic (exact) mass is 343 g/mol. The Morgan fingerprint density at radius 2 is 2.00 bits per heavy atom. The van der Waals surface area contributed by atoms with E-state index in [4.69, 9.17) is 0 Å². The maximum atomic E-state index is 12.1. The Balaban J connectivity index is 1.45. The van der Waals surface area contributed by atoms with E-state index < -0.39 is 6.03 Å². The van der Waals surface area contributed by atoms with Gasteiger partial charge in [0, 0.05) is 17.5 Å². The van der Waals surface area contributed by atoms with Gasteiger partial charge in [-0.25, -0.2) is 4.79 Å². The van der Waals surface area contributed by atoms with Crippen LogP contribution in [-0.2, 0) is 11.3 Å². The third kappa shape index (κ3) is 4.43. The molecule has 24 heavy (non-hydrogen) atoms. The van der Waals surface area contributed by atoms with E-state index in [-0.39, 0.29) is 12.5 Å². The lowest BCUT2D eigenvalue weighted by Gasteiger charge is -2.22. The molecule has 0 bridgehead atoms. The molecule has 126 valence electrons. The minimum absolute atomic E-state index is 0.251. The Morgan fingerprint density at radius 1 is 1.17 bits per heavy atom. The standard InChI is InChI=1S/C18H21N3O2S/c22-17(20-18(23)19-12-14-6-2-1-3-7-14)13-21-10-4-8-15(21)16-9-5-11-24-16/h1-3,5-7,9,11,15H,4,8,10,12-13H2,(H2,19,20,22,23)/t15-/m1/s1. The van der Waals surface area contributed by atoms with Gasteiger partial charge in [-0.1, -0.05) is 36.4 Å². The molecule has 2 heterocycles. The highest BCUT2D eigenvalue weighted by molar-refractivity contribution is 7.10. The molecule has 0 aliphatic carbocycles. The number of nitrogens with one attached hydrogen (secondary N) is 2. The summed E-state index contributed by atoms with van der Waals surface area (Å²) in [4.78, 5) is 27.4. The van der Waals surface area contributed by atoms with Crippen molar-refractivity contribution in [2.24, 2.45) is 0 Å². The summed E-state index contributed by atoms with van der Waals surface area (Å²) in [7, 11) is 0. The van der Waals surface area contributed by atoms with Gasteiger partial charge in [0.05, 0.1) is 6.54 Å². The molecule has 1 fully saturated rings. The van der Waals surface area contributed by atoms with Crippen LogP contribution >= 0.6 is 11.3 Å². The molecular weight excluding hydrogens is 322 g/mol. The number of urea groups is 1.